The first-order chi connectivity index (χ1) is 7.81. The Balaban J connectivity index is 2.79. The Morgan fingerprint density at radius 1 is 1.31 bits per heavy atom. The van der Waals surface area contributed by atoms with E-state index in [0.717, 1.165) is 11.8 Å². The van der Waals surface area contributed by atoms with Crippen molar-refractivity contribution in [1.29, 1.82) is 0 Å². The van der Waals surface area contributed by atoms with Gasteiger partial charge in [0.05, 0.1) is 13.7 Å². The van der Waals surface area contributed by atoms with Crippen LogP contribution in [0.15, 0.2) is 24.3 Å². The summed E-state index contributed by atoms with van der Waals surface area (Å²) >= 11 is 0. The molecule has 0 saturated heterocycles. The number of methoxy groups -OCH3 is 1. The lowest BCUT2D eigenvalue weighted by molar-refractivity contribution is -0.108. The highest BCUT2D eigenvalue weighted by Gasteiger charge is 2.04. The number of hydrogen-bond acceptors (Lipinski definition) is 3. The second kappa shape index (κ2) is 6.67. The zero-order valence-corrected chi connectivity index (χ0v) is 9.60. The molecule has 1 aromatic rings. The number of hydrogen-bond donors (Lipinski definition) is 0. The third-order valence-corrected chi connectivity index (χ3v) is 2.04. The lowest BCUT2D eigenvalue weighted by Crippen LogP contribution is -1.99. The van der Waals surface area contributed by atoms with Crippen LogP contribution in [-0.4, -0.2) is 20.0 Å². The van der Waals surface area contributed by atoms with Crippen molar-refractivity contribution in [1.82, 2.24) is 0 Å². The van der Waals surface area contributed by atoms with Crippen molar-refractivity contribution in [2.75, 3.05) is 13.7 Å². The summed E-state index contributed by atoms with van der Waals surface area (Å²) in [6, 6.07) is 5.69. The molecule has 1 aromatic carbocycles. The van der Waals surface area contributed by atoms with Crippen LogP contribution in [-0.2, 0) is 4.79 Å². The van der Waals surface area contributed by atoms with Crippen LogP contribution in [0.1, 0.15) is 18.9 Å². The largest absolute Gasteiger partial charge is 0.493 e. The molecule has 0 unspecified atom stereocenters. The van der Waals surface area contributed by atoms with Gasteiger partial charge in [-0.1, -0.05) is 18.2 Å². The van der Waals surface area contributed by atoms with Gasteiger partial charge in [0.2, 0.25) is 0 Å². The van der Waals surface area contributed by atoms with Gasteiger partial charge >= 0.3 is 0 Å². The van der Waals surface area contributed by atoms with E-state index in [1.807, 2.05) is 37.3 Å². The van der Waals surface area contributed by atoms with E-state index in [0.29, 0.717) is 24.5 Å². The molecule has 0 radical (unpaired) electrons. The highest BCUT2D eigenvalue weighted by molar-refractivity contribution is 5.55. The molecule has 0 bridgehead atoms. The smallest absolute Gasteiger partial charge is 0.161 e. The molecule has 86 valence electrons. The first kappa shape index (κ1) is 12.3. The Bertz CT molecular complexity index is 369. The van der Waals surface area contributed by atoms with Crippen LogP contribution in [0.4, 0.5) is 0 Å². The Morgan fingerprint density at radius 2 is 2.12 bits per heavy atom. The molecular formula is C13H16O3. The van der Waals surface area contributed by atoms with Gasteiger partial charge in [-0.05, 0) is 24.6 Å². The van der Waals surface area contributed by atoms with Gasteiger partial charge in [-0.2, -0.15) is 0 Å². The highest BCUT2D eigenvalue weighted by Crippen LogP contribution is 2.28. The average molecular weight is 220 g/mol. The van der Waals surface area contributed by atoms with E-state index in [-0.39, 0.29) is 0 Å². The van der Waals surface area contributed by atoms with E-state index in [1.54, 1.807) is 7.11 Å². The summed E-state index contributed by atoms with van der Waals surface area (Å²) in [5.74, 6) is 1.35. The van der Waals surface area contributed by atoms with Crippen LogP contribution in [0.5, 0.6) is 11.5 Å². The standard InChI is InChI=1S/C13H16O3/c1-3-5-11-6-7-12(13(10-11)15-2)16-9-4-8-14/h3,5-8,10H,4,9H2,1-2H3. The third kappa shape index (κ3) is 3.42. The molecule has 16 heavy (non-hydrogen) atoms. The molecule has 0 spiro atoms. The maximum atomic E-state index is 10.2. The molecule has 0 aliphatic rings. The van der Waals surface area contributed by atoms with Crippen LogP contribution in [0.3, 0.4) is 0 Å². The summed E-state index contributed by atoms with van der Waals surface area (Å²) in [4.78, 5) is 10.2. The van der Waals surface area contributed by atoms with Crippen molar-refractivity contribution in [2.45, 2.75) is 13.3 Å². The fourth-order valence-corrected chi connectivity index (χ4v) is 1.32. The van der Waals surface area contributed by atoms with Crippen molar-refractivity contribution < 1.29 is 14.3 Å². The average Bonchev–Trinajstić information content (AvgIpc) is 2.31. The normalized spacial score (nSPS) is 10.4. The van der Waals surface area contributed by atoms with E-state index in [2.05, 4.69) is 0 Å². The number of aldehydes is 1. The number of rotatable bonds is 6. The third-order valence-electron chi connectivity index (χ3n) is 2.04. The molecule has 0 N–H and O–H groups in total. The number of carbonyl (C=O) groups is 1. The monoisotopic (exact) mass is 220 g/mol. The summed E-state index contributed by atoms with van der Waals surface area (Å²) in [7, 11) is 1.60. The number of ether oxygens (including phenoxy) is 2. The molecule has 0 aliphatic carbocycles. The molecule has 3 heteroatoms. The van der Waals surface area contributed by atoms with Gasteiger partial charge < -0.3 is 14.3 Å². The van der Waals surface area contributed by atoms with Crippen molar-refractivity contribution in [3.05, 3.63) is 29.8 Å². The van der Waals surface area contributed by atoms with E-state index in [4.69, 9.17) is 9.47 Å². The fraction of sp³-hybridized carbons (Fsp3) is 0.308. The van der Waals surface area contributed by atoms with Crippen molar-refractivity contribution in [2.24, 2.45) is 0 Å². The Kier molecular flexibility index (Phi) is 5.12. The van der Waals surface area contributed by atoms with Gasteiger partial charge in [-0.15, -0.1) is 0 Å². The SMILES string of the molecule is CC=Cc1ccc(OCCC=O)c(OC)c1. The van der Waals surface area contributed by atoms with Gasteiger partial charge in [-0.25, -0.2) is 0 Å². The molecule has 3 nitrogen and oxygen atoms in total. The Morgan fingerprint density at radius 3 is 2.75 bits per heavy atom. The molecule has 0 amide bonds. The van der Waals surface area contributed by atoms with Crippen LogP contribution >= 0.6 is 0 Å². The molecule has 0 fully saturated rings. The number of carbonyl (C=O) groups excluding carboxylic acids is 1. The first-order valence-corrected chi connectivity index (χ1v) is 5.19. The van der Waals surface area contributed by atoms with Crippen LogP contribution in [0, 0.1) is 0 Å². The quantitative estimate of drug-likeness (QED) is 0.546. The molecule has 1 rings (SSSR count). The van der Waals surface area contributed by atoms with Gasteiger partial charge in [0.15, 0.2) is 11.5 Å². The topological polar surface area (TPSA) is 35.5 Å². The molecule has 0 aliphatic heterocycles. The van der Waals surface area contributed by atoms with Crippen molar-refractivity contribution >= 4 is 12.4 Å². The van der Waals surface area contributed by atoms with Crippen molar-refractivity contribution in [3.63, 3.8) is 0 Å². The summed E-state index contributed by atoms with van der Waals surface area (Å²) in [5, 5.41) is 0. The second-order valence-corrected chi connectivity index (χ2v) is 3.21. The molecule has 0 heterocycles. The van der Waals surface area contributed by atoms with E-state index in [1.165, 1.54) is 0 Å². The highest BCUT2D eigenvalue weighted by atomic mass is 16.5. The first-order valence-electron chi connectivity index (χ1n) is 5.19. The molecular weight excluding hydrogens is 204 g/mol. The number of benzene rings is 1. The molecule has 0 saturated carbocycles. The van der Waals surface area contributed by atoms with Gasteiger partial charge in [0.25, 0.3) is 0 Å². The summed E-state index contributed by atoms with van der Waals surface area (Å²) in [6.07, 6.45) is 5.17. The summed E-state index contributed by atoms with van der Waals surface area (Å²) in [5.41, 5.74) is 1.06. The van der Waals surface area contributed by atoms with Crippen LogP contribution in [0.25, 0.3) is 6.08 Å². The Labute approximate surface area is 95.7 Å². The lowest BCUT2D eigenvalue weighted by Gasteiger charge is -2.10. The van der Waals surface area contributed by atoms with E-state index >= 15 is 0 Å². The summed E-state index contributed by atoms with van der Waals surface area (Å²) in [6.45, 7) is 2.34. The predicted molar refractivity (Wildman–Crippen MR) is 63.9 cm³/mol. The van der Waals surface area contributed by atoms with Crippen LogP contribution in [0.2, 0.25) is 0 Å². The summed E-state index contributed by atoms with van der Waals surface area (Å²) < 4.78 is 10.6. The minimum absolute atomic E-state index is 0.378. The van der Waals surface area contributed by atoms with E-state index in [9.17, 15) is 4.79 Å². The van der Waals surface area contributed by atoms with Crippen LogP contribution < -0.4 is 9.47 Å². The Hall–Kier alpha value is -1.77. The fourth-order valence-electron chi connectivity index (χ4n) is 1.32. The molecule has 0 aromatic heterocycles. The molecule has 0 atom stereocenters. The predicted octanol–water partition coefficient (Wildman–Crippen LogP) is 2.70. The maximum Gasteiger partial charge on any atom is 0.161 e. The zero-order chi connectivity index (χ0) is 11.8. The van der Waals surface area contributed by atoms with Gasteiger partial charge in [0, 0.05) is 6.42 Å². The maximum absolute atomic E-state index is 10.2. The lowest BCUT2D eigenvalue weighted by atomic mass is 10.2. The second-order valence-electron chi connectivity index (χ2n) is 3.21. The van der Waals surface area contributed by atoms with Gasteiger partial charge in [-0.3, -0.25) is 0 Å². The minimum Gasteiger partial charge on any atom is -0.493 e. The zero-order valence-electron chi connectivity index (χ0n) is 9.60. The van der Waals surface area contributed by atoms with Gasteiger partial charge in [0.1, 0.15) is 6.29 Å². The van der Waals surface area contributed by atoms with E-state index < -0.39 is 0 Å². The number of allylic oxidation sites excluding steroid dienone is 1. The van der Waals surface area contributed by atoms with Crippen molar-refractivity contribution in [3.8, 4) is 11.5 Å². The minimum atomic E-state index is 0.378.